The summed E-state index contributed by atoms with van der Waals surface area (Å²) in [5.74, 6) is -1.87. The Hall–Kier alpha value is -3.88. The molecule has 0 atom stereocenters. The molecule has 0 aromatic heterocycles. The van der Waals surface area contributed by atoms with Crippen molar-refractivity contribution in [2.24, 2.45) is 0 Å². The summed E-state index contributed by atoms with van der Waals surface area (Å²) in [7, 11) is 2.64. The molecule has 2 aromatic carbocycles. The number of carboxylic acid groups (broad SMARTS) is 1. The Morgan fingerprint density at radius 2 is 1.82 bits per heavy atom. The zero-order chi connectivity index (χ0) is 20.8. The Labute approximate surface area is 159 Å². The summed E-state index contributed by atoms with van der Waals surface area (Å²) in [6.45, 7) is 0. The molecule has 2 N–H and O–H groups in total. The maximum Gasteiger partial charge on any atom is 0.315 e. The van der Waals surface area contributed by atoms with Gasteiger partial charge in [-0.15, -0.1) is 0 Å². The van der Waals surface area contributed by atoms with Gasteiger partial charge < -0.3 is 19.7 Å². The van der Waals surface area contributed by atoms with Gasteiger partial charge in [0.15, 0.2) is 11.5 Å². The molecular weight excluding hydrogens is 370 g/mol. The fourth-order valence-electron chi connectivity index (χ4n) is 2.51. The van der Waals surface area contributed by atoms with Crippen molar-refractivity contribution in [1.29, 1.82) is 0 Å². The number of methoxy groups -OCH3 is 2. The number of nitro benzene ring substituents is 1. The van der Waals surface area contributed by atoms with E-state index in [-0.39, 0.29) is 23.3 Å². The van der Waals surface area contributed by atoms with E-state index in [0.29, 0.717) is 11.3 Å². The van der Waals surface area contributed by atoms with Crippen LogP contribution < -0.4 is 9.47 Å². The van der Waals surface area contributed by atoms with Gasteiger partial charge in [-0.25, -0.2) is 0 Å². The summed E-state index contributed by atoms with van der Waals surface area (Å²) in [6.07, 6.45) is 2.20. The molecule has 2 aromatic rings. The minimum absolute atomic E-state index is 0.102. The number of rotatable bonds is 8. The summed E-state index contributed by atoms with van der Waals surface area (Å²) < 4.78 is 9.99. The Kier molecular flexibility index (Phi) is 6.33. The topological polar surface area (TPSA) is 136 Å². The number of nitro groups is 1. The van der Waals surface area contributed by atoms with Crippen LogP contribution in [-0.4, -0.2) is 41.1 Å². The molecule has 28 heavy (non-hydrogen) atoms. The van der Waals surface area contributed by atoms with Crippen LogP contribution in [0.2, 0.25) is 0 Å². The Morgan fingerprint density at radius 3 is 2.39 bits per heavy atom. The number of phenolic OH excluding ortho intramolecular Hbond substituents is 1. The average Bonchev–Trinajstić information content (AvgIpc) is 2.66. The molecular formula is C19H17NO8. The first-order valence-corrected chi connectivity index (χ1v) is 7.93. The predicted octanol–water partition coefficient (Wildman–Crippen LogP) is 2.84. The molecule has 146 valence electrons. The predicted molar refractivity (Wildman–Crippen MR) is 99.0 cm³/mol. The van der Waals surface area contributed by atoms with E-state index < -0.39 is 28.1 Å². The molecule has 0 amide bonds. The number of ether oxygens (including phenoxy) is 2. The van der Waals surface area contributed by atoms with Crippen molar-refractivity contribution < 1.29 is 34.2 Å². The quantitative estimate of drug-likeness (QED) is 0.305. The van der Waals surface area contributed by atoms with Crippen LogP contribution in [0.25, 0.3) is 6.08 Å². The highest BCUT2D eigenvalue weighted by molar-refractivity contribution is 6.07. The number of carboxylic acids is 1. The number of phenols is 1. The fourth-order valence-corrected chi connectivity index (χ4v) is 2.51. The first kappa shape index (κ1) is 20.4. The summed E-state index contributed by atoms with van der Waals surface area (Å²) in [4.78, 5) is 33.6. The molecule has 0 aliphatic rings. The highest BCUT2D eigenvalue weighted by Gasteiger charge is 2.19. The van der Waals surface area contributed by atoms with Gasteiger partial charge >= 0.3 is 11.7 Å². The second-order valence-electron chi connectivity index (χ2n) is 5.64. The summed E-state index contributed by atoms with van der Waals surface area (Å²) in [6, 6.07) is 6.84. The number of nitrogens with zero attached hydrogens (tertiary/aromatic N) is 1. The van der Waals surface area contributed by atoms with Crippen molar-refractivity contribution in [1.82, 2.24) is 0 Å². The van der Waals surface area contributed by atoms with Crippen molar-refractivity contribution in [2.45, 2.75) is 6.42 Å². The van der Waals surface area contributed by atoms with Crippen molar-refractivity contribution >= 4 is 23.5 Å². The molecule has 9 heteroatoms. The van der Waals surface area contributed by atoms with Gasteiger partial charge in [0.2, 0.25) is 5.75 Å². The molecule has 2 rings (SSSR count). The van der Waals surface area contributed by atoms with E-state index in [1.165, 1.54) is 50.6 Å². The molecule has 0 aliphatic carbocycles. The molecule has 0 fully saturated rings. The normalized spacial score (nSPS) is 10.6. The standard InChI is InChI=1S/C19H17NO8/c1-27-16-6-4-12(9-13(16)10-18(22)23)15(21)5-3-11-7-14(20(25)26)19(24)17(8-11)28-2/h3-9,24H,10H2,1-2H3,(H,22,23)/b5-3+. The second-order valence-corrected chi connectivity index (χ2v) is 5.64. The lowest BCUT2D eigenvalue weighted by Crippen LogP contribution is -2.04. The lowest BCUT2D eigenvalue weighted by molar-refractivity contribution is -0.386. The van der Waals surface area contributed by atoms with Gasteiger partial charge in [0.05, 0.1) is 25.6 Å². The van der Waals surface area contributed by atoms with Crippen LogP contribution in [0.1, 0.15) is 21.5 Å². The van der Waals surface area contributed by atoms with Gasteiger partial charge in [0.1, 0.15) is 5.75 Å². The number of aromatic hydroxyl groups is 1. The largest absolute Gasteiger partial charge is 0.500 e. The lowest BCUT2D eigenvalue weighted by Gasteiger charge is -2.08. The Bertz CT molecular complexity index is 965. The molecule has 0 bridgehead atoms. The van der Waals surface area contributed by atoms with Gasteiger partial charge in [-0.1, -0.05) is 6.08 Å². The number of carbonyl (C=O) groups is 2. The number of aliphatic carboxylic acids is 1. The molecule has 0 saturated heterocycles. The number of ketones is 1. The fraction of sp³-hybridized carbons (Fsp3) is 0.158. The summed E-state index contributed by atoms with van der Waals surface area (Å²) in [5, 5.41) is 29.8. The molecule has 0 aliphatic heterocycles. The number of hydrogen-bond donors (Lipinski definition) is 2. The third kappa shape index (κ3) is 4.64. The minimum Gasteiger partial charge on any atom is -0.500 e. The van der Waals surface area contributed by atoms with Crippen LogP contribution in [0.15, 0.2) is 36.4 Å². The molecule has 0 unspecified atom stereocenters. The van der Waals surface area contributed by atoms with Crippen LogP contribution in [-0.2, 0) is 11.2 Å². The van der Waals surface area contributed by atoms with E-state index in [0.717, 1.165) is 6.07 Å². The van der Waals surface area contributed by atoms with Gasteiger partial charge in [-0.3, -0.25) is 19.7 Å². The number of benzene rings is 2. The number of hydrogen-bond acceptors (Lipinski definition) is 7. The number of carbonyl (C=O) groups excluding carboxylic acids is 1. The third-order valence-corrected chi connectivity index (χ3v) is 3.83. The van der Waals surface area contributed by atoms with Crippen molar-refractivity contribution in [2.75, 3.05) is 14.2 Å². The maximum atomic E-state index is 12.4. The Balaban J connectivity index is 2.34. The second kappa shape index (κ2) is 8.67. The van der Waals surface area contributed by atoms with Crippen molar-refractivity contribution in [3.63, 3.8) is 0 Å². The SMILES string of the molecule is COc1ccc(C(=O)/C=C/c2cc(OC)c(O)c([N+](=O)[O-])c2)cc1CC(=O)O. The third-order valence-electron chi connectivity index (χ3n) is 3.83. The van der Waals surface area contributed by atoms with E-state index in [1.807, 2.05) is 0 Å². The molecule has 9 nitrogen and oxygen atoms in total. The van der Waals surface area contributed by atoms with Crippen LogP contribution in [0.5, 0.6) is 17.2 Å². The van der Waals surface area contributed by atoms with Crippen LogP contribution in [0.3, 0.4) is 0 Å². The van der Waals surface area contributed by atoms with E-state index >= 15 is 0 Å². The summed E-state index contributed by atoms with van der Waals surface area (Å²) >= 11 is 0. The van der Waals surface area contributed by atoms with Gasteiger partial charge in [-0.05, 0) is 35.9 Å². The molecule has 0 radical (unpaired) electrons. The monoisotopic (exact) mass is 387 g/mol. The van der Waals surface area contributed by atoms with Crippen molar-refractivity contribution in [3.8, 4) is 17.2 Å². The van der Waals surface area contributed by atoms with Gasteiger partial charge in [-0.2, -0.15) is 0 Å². The maximum absolute atomic E-state index is 12.4. The number of allylic oxidation sites excluding steroid dienone is 1. The zero-order valence-electron chi connectivity index (χ0n) is 15.0. The molecule has 0 heterocycles. The minimum atomic E-state index is -1.07. The van der Waals surface area contributed by atoms with Crippen molar-refractivity contribution in [3.05, 3.63) is 63.2 Å². The average molecular weight is 387 g/mol. The van der Waals surface area contributed by atoms with Gasteiger partial charge in [0, 0.05) is 17.2 Å². The van der Waals surface area contributed by atoms with Crippen LogP contribution in [0.4, 0.5) is 5.69 Å². The van der Waals surface area contributed by atoms with Gasteiger partial charge in [0.25, 0.3) is 0 Å². The molecule has 0 saturated carbocycles. The van der Waals surface area contributed by atoms with Crippen LogP contribution >= 0.6 is 0 Å². The highest BCUT2D eigenvalue weighted by atomic mass is 16.6. The van der Waals surface area contributed by atoms with E-state index in [2.05, 4.69) is 0 Å². The first-order valence-electron chi connectivity index (χ1n) is 7.93. The van der Waals surface area contributed by atoms with E-state index in [9.17, 15) is 24.8 Å². The van der Waals surface area contributed by atoms with E-state index in [1.54, 1.807) is 0 Å². The summed E-state index contributed by atoms with van der Waals surface area (Å²) in [5.41, 5.74) is 0.290. The van der Waals surface area contributed by atoms with Crippen LogP contribution in [0, 0.1) is 10.1 Å². The Morgan fingerprint density at radius 1 is 1.14 bits per heavy atom. The zero-order valence-corrected chi connectivity index (χ0v) is 15.0. The highest BCUT2D eigenvalue weighted by Crippen LogP contribution is 2.37. The molecule has 0 spiro atoms. The smallest absolute Gasteiger partial charge is 0.315 e. The lowest BCUT2D eigenvalue weighted by atomic mass is 10.0. The first-order chi connectivity index (χ1) is 13.3. The van der Waals surface area contributed by atoms with E-state index in [4.69, 9.17) is 14.6 Å².